The standard InChI is InChI=1S/C15H21NO2.ClH/c1-4-15(17)18-12-8-11-14(16(2)3)13-9-6-5-7-10-13;/h4-7,9-10,14H,1,8,11-12H2,2-3H3;1H. The minimum absolute atomic E-state index is 0. The van der Waals surface area contributed by atoms with Crippen molar-refractivity contribution in [2.45, 2.75) is 18.9 Å². The smallest absolute Gasteiger partial charge is 0.330 e. The molecule has 0 aliphatic carbocycles. The minimum atomic E-state index is -0.351. The molecule has 0 N–H and O–H groups in total. The number of rotatable bonds is 7. The van der Waals surface area contributed by atoms with E-state index in [0.29, 0.717) is 12.6 Å². The largest absolute Gasteiger partial charge is 0.463 e. The summed E-state index contributed by atoms with van der Waals surface area (Å²) in [6, 6.07) is 10.7. The van der Waals surface area contributed by atoms with E-state index in [0.717, 1.165) is 12.8 Å². The van der Waals surface area contributed by atoms with Gasteiger partial charge in [-0.1, -0.05) is 36.9 Å². The molecule has 0 aliphatic heterocycles. The molecule has 1 aromatic rings. The van der Waals surface area contributed by atoms with Crippen LogP contribution >= 0.6 is 12.4 Å². The first-order valence-electron chi connectivity index (χ1n) is 6.15. The molecule has 1 unspecified atom stereocenters. The second-order valence-corrected chi connectivity index (χ2v) is 4.40. The normalized spacial score (nSPS) is 11.5. The van der Waals surface area contributed by atoms with Gasteiger partial charge in [-0.3, -0.25) is 0 Å². The van der Waals surface area contributed by atoms with Gasteiger partial charge in [-0.25, -0.2) is 4.79 Å². The summed E-state index contributed by atoms with van der Waals surface area (Å²) in [5.74, 6) is -0.351. The molecule has 0 heterocycles. The van der Waals surface area contributed by atoms with Crippen LogP contribution in [0.1, 0.15) is 24.4 Å². The number of ether oxygens (including phenoxy) is 1. The fourth-order valence-electron chi connectivity index (χ4n) is 1.91. The highest BCUT2D eigenvalue weighted by molar-refractivity contribution is 5.85. The Hall–Kier alpha value is -1.32. The lowest BCUT2D eigenvalue weighted by Gasteiger charge is -2.24. The minimum Gasteiger partial charge on any atom is -0.463 e. The molecule has 1 aromatic carbocycles. The van der Waals surface area contributed by atoms with E-state index in [2.05, 4.69) is 37.7 Å². The lowest BCUT2D eigenvalue weighted by molar-refractivity contribution is -0.137. The van der Waals surface area contributed by atoms with Crippen molar-refractivity contribution in [1.82, 2.24) is 4.90 Å². The Kier molecular flexibility index (Phi) is 8.92. The summed E-state index contributed by atoms with van der Waals surface area (Å²) < 4.78 is 4.98. The number of hydrogen-bond acceptors (Lipinski definition) is 3. The number of carbonyl (C=O) groups excluding carboxylic acids is 1. The highest BCUT2D eigenvalue weighted by atomic mass is 35.5. The van der Waals surface area contributed by atoms with E-state index in [1.165, 1.54) is 11.6 Å². The van der Waals surface area contributed by atoms with Crippen molar-refractivity contribution in [3.8, 4) is 0 Å². The van der Waals surface area contributed by atoms with Crippen LogP contribution in [0.2, 0.25) is 0 Å². The summed E-state index contributed by atoms with van der Waals surface area (Å²) in [7, 11) is 4.13. The first-order valence-corrected chi connectivity index (χ1v) is 6.15. The summed E-state index contributed by atoms with van der Waals surface area (Å²) in [6.45, 7) is 3.81. The third-order valence-corrected chi connectivity index (χ3v) is 2.84. The molecular weight excluding hydrogens is 262 g/mol. The van der Waals surface area contributed by atoms with Crippen molar-refractivity contribution in [3.63, 3.8) is 0 Å². The lowest BCUT2D eigenvalue weighted by atomic mass is 10.0. The Morgan fingerprint density at radius 2 is 2.00 bits per heavy atom. The van der Waals surface area contributed by atoms with Crippen LogP contribution < -0.4 is 0 Å². The molecule has 0 aliphatic rings. The van der Waals surface area contributed by atoms with Crippen molar-refractivity contribution in [2.75, 3.05) is 20.7 Å². The summed E-state index contributed by atoms with van der Waals surface area (Å²) in [5, 5.41) is 0. The molecular formula is C15H22ClNO2. The van der Waals surface area contributed by atoms with E-state index in [9.17, 15) is 4.79 Å². The van der Waals surface area contributed by atoms with Gasteiger partial charge in [-0.05, 0) is 32.5 Å². The van der Waals surface area contributed by atoms with Crippen molar-refractivity contribution < 1.29 is 9.53 Å². The van der Waals surface area contributed by atoms with Gasteiger partial charge in [0.1, 0.15) is 0 Å². The molecule has 0 bridgehead atoms. The van der Waals surface area contributed by atoms with Crippen molar-refractivity contribution in [1.29, 1.82) is 0 Å². The van der Waals surface area contributed by atoms with Crippen LogP contribution in [0.3, 0.4) is 0 Å². The Labute approximate surface area is 121 Å². The Balaban J connectivity index is 0.00000324. The van der Waals surface area contributed by atoms with E-state index in [1.807, 2.05) is 18.2 Å². The van der Waals surface area contributed by atoms with E-state index in [1.54, 1.807) is 0 Å². The molecule has 106 valence electrons. The third kappa shape index (κ3) is 6.41. The molecule has 0 radical (unpaired) electrons. The van der Waals surface area contributed by atoms with Crippen LogP contribution in [-0.4, -0.2) is 31.6 Å². The molecule has 1 atom stereocenters. The molecule has 1 rings (SSSR count). The van der Waals surface area contributed by atoms with Gasteiger partial charge >= 0.3 is 5.97 Å². The highest BCUT2D eigenvalue weighted by Gasteiger charge is 2.13. The maximum Gasteiger partial charge on any atom is 0.330 e. The van der Waals surface area contributed by atoms with Crippen LogP contribution in [0.5, 0.6) is 0 Å². The molecule has 0 aromatic heterocycles. The van der Waals surface area contributed by atoms with Gasteiger partial charge in [0, 0.05) is 12.1 Å². The fraction of sp³-hybridized carbons (Fsp3) is 0.400. The Morgan fingerprint density at radius 3 is 2.53 bits per heavy atom. The van der Waals surface area contributed by atoms with Crippen molar-refractivity contribution in [3.05, 3.63) is 48.6 Å². The summed E-state index contributed by atoms with van der Waals surface area (Å²) >= 11 is 0. The first kappa shape index (κ1) is 17.7. The molecule has 0 saturated carbocycles. The van der Waals surface area contributed by atoms with Gasteiger partial charge < -0.3 is 9.64 Å². The van der Waals surface area contributed by atoms with E-state index >= 15 is 0 Å². The molecule has 3 nitrogen and oxygen atoms in total. The summed E-state index contributed by atoms with van der Waals surface area (Å²) in [5.41, 5.74) is 1.29. The quantitative estimate of drug-likeness (QED) is 0.437. The molecule has 0 fully saturated rings. The predicted molar refractivity (Wildman–Crippen MR) is 80.5 cm³/mol. The van der Waals surface area contributed by atoms with Gasteiger partial charge in [-0.2, -0.15) is 0 Å². The zero-order valence-electron chi connectivity index (χ0n) is 11.5. The molecule has 0 saturated heterocycles. The zero-order valence-corrected chi connectivity index (χ0v) is 12.4. The van der Waals surface area contributed by atoms with Crippen LogP contribution in [-0.2, 0) is 9.53 Å². The molecule has 4 heteroatoms. The van der Waals surface area contributed by atoms with E-state index < -0.39 is 0 Å². The fourth-order valence-corrected chi connectivity index (χ4v) is 1.91. The summed E-state index contributed by atoms with van der Waals surface area (Å²) in [6.07, 6.45) is 3.00. The second-order valence-electron chi connectivity index (χ2n) is 4.40. The zero-order chi connectivity index (χ0) is 13.4. The predicted octanol–water partition coefficient (Wildman–Crippen LogP) is 3.22. The highest BCUT2D eigenvalue weighted by Crippen LogP contribution is 2.22. The number of esters is 1. The monoisotopic (exact) mass is 283 g/mol. The number of carbonyl (C=O) groups is 1. The lowest BCUT2D eigenvalue weighted by Crippen LogP contribution is -2.20. The topological polar surface area (TPSA) is 29.5 Å². The average molecular weight is 284 g/mol. The Bertz CT molecular complexity index is 379. The molecule has 0 amide bonds. The molecule has 19 heavy (non-hydrogen) atoms. The first-order chi connectivity index (χ1) is 8.65. The summed E-state index contributed by atoms with van der Waals surface area (Å²) in [4.78, 5) is 13.1. The number of hydrogen-bond donors (Lipinski definition) is 0. The van der Waals surface area contributed by atoms with Crippen LogP contribution in [0, 0.1) is 0 Å². The van der Waals surface area contributed by atoms with Gasteiger partial charge in [0.05, 0.1) is 6.61 Å². The molecule has 0 spiro atoms. The number of halogens is 1. The number of nitrogens with zero attached hydrogens (tertiary/aromatic N) is 1. The average Bonchev–Trinajstić information content (AvgIpc) is 2.38. The maximum absolute atomic E-state index is 10.9. The Morgan fingerprint density at radius 1 is 1.37 bits per heavy atom. The maximum atomic E-state index is 10.9. The van der Waals surface area contributed by atoms with E-state index in [4.69, 9.17) is 4.74 Å². The van der Waals surface area contributed by atoms with Gasteiger partial charge in [0.25, 0.3) is 0 Å². The third-order valence-electron chi connectivity index (χ3n) is 2.84. The van der Waals surface area contributed by atoms with E-state index in [-0.39, 0.29) is 18.4 Å². The van der Waals surface area contributed by atoms with Crippen LogP contribution in [0.15, 0.2) is 43.0 Å². The number of benzene rings is 1. The van der Waals surface area contributed by atoms with Crippen LogP contribution in [0.4, 0.5) is 0 Å². The SMILES string of the molecule is C=CC(=O)OCCCC(c1ccccc1)N(C)C.Cl. The van der Waals surface area contributed by atoms with Crippen molar-refractivity contribution in [2.24, 2.45) is 0 Å². The second kappa shape index (κ2) is 9.59. The van der Waals surface area contributed by atoms with Crippen LogP contribution in [0.25, 0.3) is 0 Å². The van der Waals surface area contributed by atoms with Gasteiger partial charge in [0.2, 0.25) is 0 Å². The van der Waals surface area contributed by atoms with Gasteiger partial charge in [0.15, 0.2) is 0 Å². The van der Waals surface area contributed by atoms with Crippen molar-refractivity contribution >= 4 is 18.4 Å². The van der Waals surface area contributed by atoms with Gasteiger partial charge in [-0.15, -0.1) is 12.4 Å².